The van der Waals surface area contributed by atoms with Crippen molar-refractivity contribution in [2.24, 2.45) is 0 Å². The summed E-state index contributed by atoms with van der Waals surface area (Å²) in [7, 11) is 0. The van der Waals surface area contributed by atoms with E-state index in [0.29, 0.717) is 6.54 Å². The molecule has 0 fully saturated rings. The van der Waals surface area contributed by atoms with Crippen molar-refractivity contribution in [3.05, 3.63) is 0 Å². The average molecular weight is 246 g/mol. The summed E-state index contributed by atoms with van der Waals surface area (Å²) >= 11 is 0. The van der Waals surface area contributed by atoms with Gasteiger partial charge < -0.3 is 20.5 Å². The maximum absolute atomic E-state index is 11.5. The van der Waals surface area contributed by atoms with Gasteiger partial charge in [0.15, 0.2) is 0 Å². The largest absolute Gasteiger partial charge is 0.389 e. The molecule has 0 spiro atoms. The molecule has 0 aliphatic heterocycles. The summed E-state index contributed by atoms with van der Waals surface area (Å²) in [6.07, 6.45) is -0.488. The minimum absolute atomic E-state index is 0.0584. The molecule has 0 saturated heterocycles. The van der Waals surface area contributed by atoms with Gasteiger partial charge in [0.2, 0.25) is 5.91 Å². The van der Waals surface area contributed by atoms with E-state index in [9.17, 15) is 9.90 Å². The number of hydrogen-bond acceptors (Lipinski definition) is 4. The second-order valence-electron chi connectivity index (χ2n) is 4.83. The zero-order chi connectivity index (χ0) is 13.4. The second-order valence-corrected chi connectivity index (χ2v) is 4.83. The second kappa shape index (κ2) is 8.44. The van der Waals surface area contributed by atoms with Gasteiger partial charge in [0.25, 0.3) is 0 Å². The van der Waals surface area contributed by atoms with Crippen LogP contribution in [-0.4, -0.2) is 48.5 Å². The lowest BCUT2D eigenvalue weighted by Crippen LogP contribution is -2.47. The van der Waals surface area contributed by atoms with E-state index in [0.717, 1.165) is 0 Å². The van der Waals surface area contributed by atoms with Crippen molar-refractivity contribution < 1.29 is 14.6 Å². The van der Waals surface area contributed by atoms with Crippen LogP contribution in [0.5, 0.6) is 0 Å². The van der Waals surface area contributed by atoms with Crippen LogP contribution in [0, 0.1) is 0 Å². The van der Waals surface area contributed by atoms with Crippen LogP contribution in [0.25, 0.3) is 0 Å². The molecule has 0 rings (SSSR count). The molecule has 0 aliphatic rings. The summed E-state index contributed by atoms with van der Waals surface area (Å²) in [5.74, 6) is -0.0584. The number of amides is 1. The Kier molecular flexibility index (Phi) is 8.12. The van der Waals surface area contributed by atoms with Gasteiger partial charge in [-0.3, -0.25) is 4.79 Å². The number of ether oxygens (including phenoxy) is 1. The van der Waals surface area contributed by atoms with Crippen molar-refractivity contribution in [1.29, 1.82) is 0 Å². The Bertz CT molecular complexity index is 220. The van der Waals surface area contributed by atoms with Crippen LogP contribution in [0.4, 0.5) is 0 Å². The lowest BCUT2D eigenvalue weighted by Gasteiger charge is -2.19. The van der Waals surface area contributed by atoms with E-state index in [-0.39, 0.29) is 30.7 Å². The molecule has 3 N–H and O–H groups in total. The van der Waals surface area contributed by atoms with Gasteiger partial charge in [-0.25, -0.2) is 0 Å². The summed E-state index contributed by atoms with van der Waals surface area (Å²) in [4.78, 5) is 11.5. The van der Waals surface area contributed by atoms with Crippen molar-refractivity contribution in [3.8, 4) is 0 Å². The first-order chi connectivity index (χ1) is 7.82. The monoisotopic (exact) mass is 246 g/mol. The maximum Gasteiger partial charge on any atom is 0.237 e. The molecular weight excluding hydrogens is 220 g/mol. The van der Waals surface area contributed by atoms with E-state index in [1.807, 2.05) is 27.7 Å². The van der Waals surface area contributed by atoms with Crippen LogP contribution >= 0.6 is 0 Å². The van der Waals surface area contributed by atoms with Crippen LogP contribution in [0.15, 0.2) is 0 Å². The van der Waals surface area contributed by atoms with Gasteiger partial charge in [-0.2, -0.15) is 0 Å². The lowest BCUT2D eigenvalue weighted by molar-refractivity contribution is -0.123. The van der Waals surface area contributed by atoms with Crippen molar-refractivity contribution in [2.75, 3.05) is 13.2 Å². The van der Waals surface area contributed by atoms with Crippen LogP contribution < -0.4 is 10.6 Å². The first-order valence-corrected chi connectivity index (χ1v) is 6.16. The van der Waals surface area contributed by atoms with Crippen LogP contribution in [0.1, 0.15) is 34.6 Å². The van der Waals surface area contributed by atoms with Crippen LogP contribution in [0.3, 0.4) is 0 Å². The summed E-state index contributed by atoms with van der Waals surface area (Å²) in [6.45, 7) is 10.1. The van der Waals surface area contributed by atoms with Gasteiger partial charge in [0, 0.05) is 12.6 Å². The van der Waals surface area contributed by atoms with Gasteiger partial charge in [-0.05, 0) is 34.6 Å². The van der Waals surface area contributed by atoms with E-state index in [1.54, 1.807) is 6.92 Å². The summed E-state index contributed by atoms with van der Waals surface area (Å²) in [6, 6.07) is -0.188. The molecule has 0 saturated carbocycles. The molecule has 2 unspecified atom stereocenters. The Labute approximate surface area is 104 Å². The van der Waals surface area contributed by atoms with Gasteiger partial charge >= 0.3 is 0 Å². The van der Waals surface area contributed by atoms with Crippen molar-refractivity contribution in [1.82, 2.24) is 10.6 Å². The Hall–Kier alpha value is -0.650. The first-order valence-electron chi connectivity index (χ1n) is 6.16. The van der Waals surface area contributed by atoms with E-state index in [4.69, 9.17) is 4.74 Å². The predicted molar refractivity (Wildman–Crippen MR) is 67.8 cm³/mol. The minimum atomic E-state index is -0.591. The van der Waals surface area contributed by atoms with Crippen molar-refractivity contribution >= 4 is 5.91 Å². The smallest absolute Gasteiger partial charge is 0.237 e. The SMILES string of the molecule is CC(C)NC(=O)C(C)NCC(O)COC(C)C. The summed E-state index contributed by atoms with van der Waals surface area (Å²) in [5, 5.41) is 15.4. The Morgan fingerprint density at radius 2 is 1.82 bits per heavy atom. The fourth-order valence-corrected chi connectivity index (χ4v) is 1.18. The molecule has 0 heterocycles. The average Bonchev–Trinajstić information content (AvgIpc) is 2.21. The number of nitrogens with one attached hydrogen (secondary N) is 2. The third-order valence-electron chi connectivity index (χ3n) is 2.11. The Morgan fingerprint density at radius 1 is 1.24 bits per heavy atom. The standard InChI is InChI=1S/C12H26N2O3/c1-8(2)14-12(16)10(5)13-6-11(15)7-17-9(3)4/h8-11,13,15H,6-7H2,1-5H3,(H,14,16). The van der Waals surface area contributed by atoms with Gasteiger partial charge in [-0.1, -0.05) is 0 Å². The molecule has 2 atom stereocenters. The van der Waals surface area contributed by atoms with Crippen molar-refractivity contribution in [2.45, 2.75) is 58.9 Å². The molecule has 0 aromatic carbocycles. The molecule has 5 nitrogen and oxygen atoms in total. The molecule has 0 aliphatic carbocycles. The number of hydrogen-bond donors (Lipinski definition) is 3. The highest BCUT2D eigenvalue weighted by Crippen LogP contribution is 1.92. The highest BCUT2D eigenvalue weighted by atomic mass is 16.5. The summed E-state index contributed by atoms with van der Waals surface area (Å²) in [5.41, 5.74) is 0. The van der Waals surface area contributed by atoms with Crippen LogP contribution in [-0.2, 0) is 9.53 Å². The lowest BCUT2D eigenvalue weighted by atomic mass is 10.2. The highest BCUT2D eigenvalue weighted by Gasteiger charge is 2.14. The number of aliphatic hydroxyl groups excluding tert-OH is 1. The molecule has 0 aromatic rings. The number of carbonyl (C=O) groups is 1. The predicted octanol–water partition coefficient (Wildman–Crippen LogP) is 0.275. The quantitative estimate of drug-likeness (QED) is 0.575. The Morgan fingerprint density at radius 3 is 2.29 bits per heavy atom. The molecule has 17 heavy (non-hydrogen) atoms. The summed E-state index contributed by atoms with van der Waals surface area (Å²) < 4.78 is 5.27. The molecule has 5 heteroatoms. The van der Waals surface area contributed by atoms with Gasteiger partial charge in [0.1, 0.15) is 0 Å². The molecule has 0 bridgehead atoms. The topological polar surface area (TPSA) is 70.6 Å². The number of aliphatic hydroxyl groups is 1. The van der Waals surface area contributed by atoms with E-state index in [1.165, 1.54) is 0 Å². The molecule has 0 aromatic heterocycles. The van der Waals surface area contributed by atoms with Crippen LogP contribution in [0.2, 0.25) is 0 Å². The van der Waals surface area contributed by atoms with Gasteiger partial charge in [-0.15, -0.1) is 0 Å². The zero-order valence-corrected chi connectivity index (χ0v) is 11.5. The fourth-order valence-electron chi connectivity index (χ4n) is 1.18. The normalized spacial score (nSPS) is 15.1. The van der Waals surface area contributed by atoms with E-state index < -0.39 is 6.10 Å². The Balaban J connectivity index is 3.75. The minimum Gasteiger partial charge on any atom is -0.389 e. The zero-order valence-electron chi connectivity index (χ0n) is 11.5. The maximum atomic E-state index is 11.5. The third-order valence-corrected chi connectivity index (χ3v) is 2.11. The highest BCUT2D eigenvalue weighted by molar-refractivity contribution is 5.81. The number of rotatable bonds is 8. The molecule has 0 radical (unpaired) electrons. The third kappa shape index (κ3) is 9.09. The van der Waals surface area contributed by atoms with E-state index in [2.05, 4.69) is 10.6 Å². The van der Waals surface area contributed by atoms with E-state index >= 15 is 0 Å². The van der Waals surface area contributed by atoms with Gasteiger partial charge in [0.05, 0.1) is 24.9 Å². The fraction of sp³-hybridized carbons (Fsp3) is 0.917. The molecule has 1 amide bonds. The first kappa shape index (κ1) is 16.4. The molecule has 102 valence electrons. The van der Waals surface area contributed by atoms with Crippen molar-refractivity contribution in [3.63, 3.8) is 0 Å². The molecular formula is C12H26N2O3. The number of carbonyl (C=O) groups excluding carboxylic acids is 1.